The summed E-state index contributed by atoms with van der Waals surface area (Å²) >= 11 is 0. The highest BCUT2D eigenvalue weighted by atomic mass is 32.2. The third-order valence-corrected chi connectivity index (χ3v) is 6.32. The molecule has 23 heavy (non-hydrogen) atoms. The van der Waals surface area contributed by atoms with E-state index in [1.54, 1.807) is 7.05 Å². The Hall–Kier alpha value is -2.16. The van der Waals surface area contributed by atoms with Gasteiger partial charge in [0.05, 0.1) is 16.5 Å². The van der Waals surface area contributed by atoms with E-state index in [9.17, 15) is 8.42 Å². The highest BCUT2D eigenvalue weighted by Gasteiger charge is 2.31. The van der Waals surface area contributed by atoms with Crippen LogP contribution in [0, 0.1) is 11.3 Å². The number of hydrogen-bond donors (Lipinski definition) is 0. The number of fused-ring (bicyclic) bond motifs is 1. The van der Waals surface area contributed by atoms with Gasteiger partial charge in [-0.2, -0.15) is 9.57 Å². The van der Waals surface area contributed by atoms with Gasteiger partial charge in [-0.05, 0) is 54.7 Å². The zero-order valence-electron chi connectivity index (χ0n) is 12.9. The fourth-order valence-corrected chi connectivity index (χ4v) is 4.51. The Morgan fingerprint density at radius 2 is 1.83 bits per heavy atom. The Morgan fingerprint density at radius 1 is 1.13 bits per heavy atom. The first-order chi connectivity index (χ1) is 11.0. The molecule has 0 heterocycles. The lowest BCUT2D eigenvalue weighted by Gasteiger charge is -2.32. The molecule has 0 amide bonds. The van der Waals surface area contributed by atoms with Crippen molar-refractivity contribution in [3.05, 3.63) is 65.2 Å². The summed E-state index contributed by atoms with van der Waals surface area (Å²) in [4.78, 5) is 0.224. The number of rotatable bonds is 3. The minimum Gasteiger partial charge on any atom is -0.207 e. The van der Waals surface area contributed by atoms with Crippen LogP contribution < -0.4 is 0 Å². The Bertz CT molecular complexity index is 851. The van der Waals surface area contributed by atoms with Gasteiger partial charge in [0.1, 0.15) is 0 Å². The van der Waals surface area contributed by atoms with Gasteiger partial charge in [-0.25, -0.2) is 8.42 Å². The zero-order valence-corrected chi connectivity index (χ0v) is 13.8. The van der Waals surface area contributed by atoms with Crippen LogP contribution in [0.2, 0.25) is 0 Å². The summed E-state index contributed by atoms with van der Waals surface area (Å²) in [7, 11) is -1.94. The van der Waals surface area contributed by atoms with Crippen molar-refractivity contribution < 1.29 is 8.42 Å². The molecule has 0 radical (unpaired) electrons. The number of benzene rings is 2. The lowest BCUT2D eigenvalue weighted by molar-refractivity contribution is 0.337. The molecule has 2 aromatic rings. The predicted octanol–water partition coefficient (Wildman–Crippen LogP) is 3.26. The molecule has 0 fully saturated rings. The average Bonchev–Trinajstić information content (AvgIpc) is 2.60. The molecule has 1 unspecified atom stereocenters. The fourth-order valence-electron chi connectivity index (χ4n) is 3.14. The van der Waals surface area contributed by atoms with Crippen molar-refractivity contribution in [2.24, 2.45) is 0 Å². The second-order valence-electron chi connectivity index (χ2n) is 5.76. The third kappa shape index (κ3) is 2.88. The van der Waals surface area contributed by atoms with E-state index in [0.717, 1.165) is 24.8 Å². The van der Waals surface area contributed by atoms with Crippen LogP contribution in [0.4, 0.5) is 0 Å². The van der Waals surface area contributed by atoms with Crippen molar-refractivity contribution in [2.75, 3.05) is 7.05 Å². The summed E-state index contributed by atoms with van der Waals surface area (Å²) in [6.07, 6.45) is 2.80. The molecule has 4 nitrogen and oxygen atoms in total. The molecule has 0 bridgehead atoms. The van der Waals surface area contributed by atoms with Crippen molar-refractivity contribution in [1.29, 1.82) is 5.26 Å². The van der Waals surface area contributed by atoms with Crippen molar-refractivity contribution in [1.82, 2.24) is 4.31 Å². The van der Waals surface area contributed by atoms with Crippen molar-refractivity contribution in [2.45, 2.75) is 30.2 Å². The molecule has 5 heteroatoms. The Morgan fingerprint density at radius 3 is 2.52 bits per heavy atom. The highest BCUT2D eigenvalue weighted by molar-refractivity contribution is 7.89. The minimum atomic E-state index is -3.58. The van der Waals surface area contributed by atoms with Gasteiger partial charge < -0.3 is 0 Å². The van der Waals surface area contributed by atoms with Crippen LogP contribution in [0.3, 0.4) is 0 Å². The third-order valence-electron chi connectivity index (χ3n) is 4.44. The van der Waals surface area contributed by atoms with Crippen LogP contribution in [0.15, 0.2) is 53.4 Å². The molecule has 1 aliphatic carbocycles. The van der Waals surface area contributed by atoms with E-state index in [2.05, 4.69) is 6.07 Å². The lowest BCUT2D eigenvalue weighted by atomic mass is 9.88. The smallest absolute Gasteiger partial charge is 0.207 e. The summed E-state index contributed by atoms with van der Waals surface area (Å²) in [5, 5.41) is 8.84. The van der Waals surface area contributed by atoms with Gasteiger partial charge in [0.15, 0.2) is 0 Å². The van der Waals surface area contributed by atoms with Crippen molar-refractivity contribution >= 4 is 10.0 Å². The molecule has 0 aliphatic heterocycles. The molecule has 0 saturated heterocycles. The molecular formula is C18H18N2O2S. The topological polar surface area (TPSA) is 61.2 Å². The molecule has 0 saturated carbocycles. The molecule has 118 valence electrons. The fraction of sp³-hybridized carbons (Fsp3) is 0.278. The monoisotopic (exact) mass is 326 g/mol. The molecule has 1 atom stereocenters. The van der Waals surface area contributed by atoms with Gasteiger partial charge in [0, 0.05) is 13.1 Å². The lowest BCUT2D eigenvalue weighted by Crippen LogP contribution is -2.33. The van der Waals surface area contributed by atoms with Crippen LogP contribution in [0.1, 0.15) is 35.6 Å². The van der Waals surface area contributed by atoms with Gasteiger partial charge >= 0.3 is 0 Å². The van der Waals surface area contributed by atoms with Crippen LogP contribution in [-0.2, 0) is 16.4 Å². The van der Waals surface area contributed by atoms with Crippen LogP contribution in [0.5, 0.6) is 0 Å². The van der Waals surface area contributed by atoms with Gasteiger partial charge in [0.25, 0.3) is 0 Å². The van der Waals surface area contributed by atoms with Gasteiger partial charge in [0.2, 0.25) is 10.0 Å². The summed E-state index contributed by atoms with van der Waals surface area (Å²) in [5.41, 5.74) is 2.78. The van der Waals surface area contributed by atoms with Crippen molar-refractivity contribution in [3.8, 4) is 6.07 Å². The van der Waals surface area contributed by atoms with E-state index in [1.165, 1.54) is 34.1 Å². The molecule has 2 aromatic carbocycles. The summed E-state index contributed by atoms with van der Waals surface area (Å²) in [6.45, 7) is 0. The standard InChI is InChI=1S/C18H18N2O2S/c1-20(18-8-4-6-15-5-2-3-7-17(15)18)23(21,22)16-11-9-14(13-19)10-12-16/h2-3,5,7,9-12,18H,4,6,8H2,1H3. The van der Waals surface area contributed by atoms with E-state index in [-0.39, 0.29) is 10.9 Å². The molecule has 0 N–H and O–H groups in total. The predicted molar refractivity (Wildman–Crippen MR) is 88.2 cm³/mol. The second-order valence-corrected chi connectivity index (χ2v) is 7.76. The number of hydrogen-bond acceptors (Lipinski definition) is 3. The molecule has 1 aliphatic rings. The zero-order chi connectivity index (χ0) is 16.4. The van der Waals surface area contributed by atoms with E-state index < -0.39 is 10.0 Å². The molecule has 0 spiro atoms. The maximum Gasteiger partial charge on any atom is 0.243 e. The van der Waals surface area contributed by atoms with Gasteiger partial charge in [-0.3, -0.25) is 0 Å². The Balaban J connectivity index is 1.96. The van der Waals surface area contributed by atoms with E-state index in [0.29, 0.717) is 5.56 Å². The van der Waals surface area contributed by atoms with E-state index in [1.807, 2.05) is 24.3 Å². The quantitative estimate of drug-likeness (QED) is 0.870. The highest BCUT2D eigenvalue weighted by Crippen LogP contribution is 2.36. The number of nitriles is 1. The average molecular weight is 326 g/mol. The first-order valence-electron chi connectivity index (χ1n) is 7.60. The maximum atomic E-state index is 12.9. The minimum absolute atomic E-state index is 0.138. The first-order valence-corrected chi connectivity index (χ1v) is 9.04. The van der Waals surface area contributed by atoms with Crippen LogP contribution in [0.25, 0.3) is 0 Å². The van der Waals surface area contributed by atoms with Crippen LogP contribution in [-0.4, -0.2) is 19.8 Å². The SMILES string of the molecule is CN(C1CCCc2ccccc21)S(=O)(=O)c1ccc(C#N)cc1. The molecule has 3 rings (SSSR count). The Labute approximate surface area is 137 Å². The van der Waals surface area contributed by atoms with Gasteiger partial charge in [-0.15, -0.1) is 0 Å². The number of nitrogens with zero attached hydrogens (tertiary/aromatic N) is 2. The summed E-state index contributed by atoms with van der Waals surface area (Å²) in [6, 6.07) is 16.0. The maximum absolute atomic E-state index is 12.9. The summed E-state index contributed by atoms with van der Waals surface area (Å²) in [5.74, 6) is 0. The van der Waals surface area contributed by atoms with Crippen LogP contribution >= 0.6 is 0 Å². The number of sulfonamides is 1. The number of aryl methyl sites for hydroxylation is 1. The van der Waals surface area contributed by atoms with Crippen molar-refractivity contribution in [3.63, 3.8) is 0 Å². The molecule has 0 aromatic heterocycles. The Kier molecular flexibility index (Phi) is 4.20. The largest absolute Gasteiger partial charge is 0.243 e. The van der Waals surface area contributed by atoms with E-state index >= 15 is 0 Å². The molecular weight excluding hydrogens is 308 g/mol. The normalized spacial score (nSPS) is 17.5. The first kappa shape index (κ1) is 15.7. The summed E-state index contributed by atoms with van der Waals surface area (Å²) < 4.78 is 27.2. The van der Waals surface area contributed by atoms with Gasteiger partial charge in [-0.1, -0.05) is 24.3 Å². The second kappa shape index (κ2) is 6.15. The van der Waals surface area contributed by atoms with E-state index in [4.69, 9.17) is 5.26 Å².